The molecule has 3 heterocycles. The third-order valence-electron chi connectivity index (χ3n) is 4.50. The quantitative estimate of drug-likeness (QED) is 0.674. The van der Waals surface area contributed by atoms with Crippen molar-refractivity contribution in [3.05, 3.63) is 35.9 Å². The number of ether oxygens (including phenoxy) is 1. The highest BCUT2D eigenvalue weighted by Crippen LogP contribution is 2.25. The van der Waals surface area contributed by atoms with Gasteiger partial charge in [-0.1, -0.05) is 0 Å². The number of nitrogens with one attached hydrogen (secondary N) is 2. The van der Waals surface area contributed by atoms with Gasteiger partial charge in [0, 0.05) is 56.6 Å². The van der Waals surface area contributed by atoms with E-state index in [1.807, 2.05) is 32.2 Å². The molecule has 1 fully saturated rings. The molecule has 1 aliphatic heterocycles. The first-order valence-corrected chi connectivity index (χ1v) is 8.76. The fourth-order valence-electron chi connectivity index (χ4n) is 3.28. The van der Waals surface area contributed by atoms with E-state index in [1.54, 1.807) is 13.4 Å². The first-order chi connectivity index (χ1) is 12.6. The summed E-state index contributed by atoms with van der Waals surface area (Å²) in [6.45, 7) is 3.90. The van der Waals surface area contributed by atoms with Crippen LogP contribution in [0.1, 0.15) is 17.8 Å². The number of aryl methyl sites for hydroxylation is 1. The van der Waals surface area contributed by atoms with Crippen LogP contribution in [-0.2, 0) is 6.54 Å². The number of anilines is 2. The Morgan fingerprint density at radius 1 is 1.31 bits per heavy atom. The molecule has 0 aromatic carbocycles. The monoisotopic (exact) mass is 358 g/mol. The number of hydrogen-bond acceptors (Lipinski definition) is 8. The van der Waals surface area contributed by atoms with Crippen molar-refractivity contribution in [2.24, 2.45) is 0 Å². The van der Waals surface area contributed by atoms with Crippen LogP contribution >= 0.6 is 0 Å². The van der Waals surface area contributed by atoms with Crippen LogP contribution in [0.15, 0.2) is 24.5 Å². The number of pyridine rings is 1. The number of β-amino-alcohol motifs (C(OH)–C–C–N with tert-alkyl or cyclic N) is 1. The number of hydrogen-bond donors (Lipinski definition) is 3. The van der Waals surface area contributed by atoms with Crippen LogP contribution in [0.25, 0.3) is 0 Å². The van der Waals surface area contributed by atoms with E-state index in [4.69, 9.17) is 4.74 Å². The molecule has 0 spiro atoms. The number of aromatic nitrogens is 3. The molecule has 2 atom stereocenters. The highest BCUT2D eigenvalue weighted by molar-refractivity contribution is 5.50. The number of nitrogens with zero attached hydrogens (tertiary/aromatic N) is 4. The molecular formula is C18H26N6O2. The molecule has 0 saturated carbocycles. The molecule has 0 radical (unpaired) electrons. The van der Waals surface area contributed by atoms with Gasteiger partial charge in [-0.3, -0.25) is 4.98 Å². The molecule has 140 valence electrons. The van der Waals surface area contributed by atoms with Crippen molar-refractivity contribution in [1.82, 2.24) is 20.3 Å². The van der Waals surface area contributed by atoms with Crippen molar-refractivity contribution in [1.29, 1.82) is 0 Å². The Kier molecular flexibility index (Phi) is 5.85. The maximum absolute atomic E-state index is 10.1. The second-order valence-corrected chi connectivity index (χ2v) is 6.48. The summed E-state index contributed by atoms with van der Waals surface area (Å²) in [5.41, 5.74) is 1.87. The fourth-order valence-corrected chi connectivity index (χ4v) is 3.28. The number of aliphatic hydroxyl groups excluding tert-OH is 1. The Balaban J connectivity index is 1.63. The van der Waals surface area contributed by atoms with E-state index in [9.17, 15) is 5.11 Å². The molecule has 0 amide bonds. The van der Waals surface area contributed by atoms with Gasteiger partial charge in [0.15, 0.2) is 0 Å². The average Bonchev–Trinajstić information content (AvgIpc) is 3.02. The zero-order chi connectivity index (χ0) is 18.5. The van der Waals surface area contributed by atoms with E-state index in [0.717, 1.165) is 35.3 Å². The van der Waals surface area contributed by atoms with Crippen molar-refractivity contribution in [3.63, 3.8) is 0 Å². The molecule has 8 heteroatoms. The van der Waals surface area contributed by atoms with E-state index in [1.165, 1.54) is 0 Å². The molecule has 1 saturated heterocycles. The Hall–Kier alpha value is -2.45. The minimum Gasteiger partial charge on any atom is -0.497 e. The van der Waals surface area contributed by atoms with Crippen LogP contribution in [0.3, 0.4) is 0 Å². The maximum atomic E-state index is 10.1. The second-order valence-electron chi connectivity index (χ2n) is 6.48. The third kappa shape index (κ3) is 4.39. The van der Waals surface area contributed by atoms with Crippen LogP contribution in [0.2, 0.25) is 0 Å². The highest BCUT2D eigenvalue weighted by atomic mass is 16.5. The SMILES string of the molecule is CNc1cc(N2C[C@H](O)C[C@@H]2CNCc2cc(OC)cc(C)n2)ncn1. The van der Waals surface area contributed by atoms with Gasteiger partial charge in [-0.15, -0.1) is 0 Å². The molecule has 2 aromatic heterocycles. The molecule has 26 heavy (non-hydrogen) atoms. The zero-order valence-electron chi connectivity index (χ0n) is 15.4. The lowest BCUT2D eigenvalue weighted by atomic mass is 10.2. The van der Waals surface area contributed by atoms with Crippen LogP contribution in [0.4, 0.5) is 11.6 Å². The highest BCUT2D eigenvalue weighted by Gasteiger charge is 2.31. The summed E-state index contributed by atoms with van der Waals surface area (Å²) in [7, 11) is 3.48. The van der Waals surface area contributed by atoms with Gasteiger partial charge in [0.25, 0.3) is 0 Å². The molecule has 8 nitrogen and oxygen atoms in total. The van der Waals surface area contributed by atoms with Gasteiger partial charge in [0.2, 0.25) is 0 Å². The first-order valence-electron chi connectivity index (χ1n) is 8.76. The summed E-state index contributed by atoms with van der Waals surface area (Å²) in [5, 5.41) is 16.6. The minimum atomic E-state index is -0.355. The largest absolute Gasteiger partial charge is 0.497 e. The van der Waals surface area contributed by atoms with Crippen molar-refractivity contribution >= 4 is 11.6 Å². The van der Waals surface area contributed by atoms with Crippen molar-refractivity contribution in [2.45, 2.75) is 32.0 Å². The van der Waals surface area contributed by atoms with Crippen molar-refractivity contribution < 1.29 is 9.84 Å². The van der Waals surface area contributed by atoms with E-state index in [0.29, 0.717) is 19.5 Å². The summed E-state index contributed by atoms with van der Waals surface area (Å²) in [6, 6.07) is 5.91. The lowest BCUT2D eigenvalue weighted by molar-refractivity contribution is 0.194. The van der Waals surface area contributed by atoms with Gasteiger partial charge >= 0.3 is 0 Å². The maximum Gasteiger partial charge on any atom is 0.134 e. The van der Waals surface area contributed by atoms with E-state index in [-0.39, 0.29) is 12.1 Å². The Labute approximate surface area is 153 Å². The van der Waals surface area contributed by atoms with Gasteiger partial charge in [0.1, 0.15) is 23.7 Å². The molecule has 0 unspecified atom stereocenters. The van der Waals surface area contributed by atoms with Crippen LogP contribution in [-0.4, -0.2) is 59.5 Å². The van der Waals surface area contributed by atoms with Gasteiger partial charge in [-0.05, 0) is 13.3 Å². The molecule has 0 bridgehead atoms. The van der Waals surface area contributed by atoms with E-state index >= 15 is 0 Å². The summed E-state index contributed by atoms with van der Waals surface area (Å²) in [5.74, 6) is 2.40. The zero-order valence-corrected chi connectivity index (χ0v) is 15.4. The second kappa shape index (κ2) is 8.29. The smallest absolute Gasteiger partial charge is 0.134 e. The van der Waals surface area contributed by atoms with Crippen molar-refractivity contribution in [2.75, 3.05) is 37.5 Å². The van der Waals surface area contributed by atoms with Crippen LogP contribution in [0.5, 0.6) is 5.75 Å². The van der Waals surface area contributed by atoms with Gasteiger partial charge in [-0.2, -0.15) is 0 Å². The summed E-state index contributed by atoms with van der Waals surface area (Å²) >= 11 is 0. The van der Waals surface area contributed by atoms with E-state index in [2.05, 4.69) is 30.5 Å². The summed E-state index contributed by atoms with van der Waals surface area (Å²) in [6.07, 6.45) is 1.89. The fraction of sp³-hybridized carbons (Fsp3) is 0.500. The summed E-state index contributed by atoms with van der Waals surface area (Å²) < 4.78 is 5.30. The molecule has 2 aromatic rings. The minimum absolute atomic E-state index is 0.163. The molecule has 1 aliphatic rings. The Morgan fingerprint density at radius 2 is 2.15 bits per heavy atom. The van der Waals surface area contributed by atoms with Crippen molar-refractivity contribution in [3.8, 4) is 5.75 Å². The van der Waals surface area contributed by atoms with Crippen LogP contribution in [0, 0.1) is 6.92 Å². The summed E-state index contributed by atoms with van der Waals surface area (Å²) in [4.78, 5) is 15.2. The Bertz CT molecular complexity index is 741. The first kappa shape index (κ1) is 18.3. The van der Waals surface area contributed by atoms with Crippen LogP contribution < -0.4 is 20.3 Å². The molecule has 3 rings (SSSR count). The standard InChI is InChI=1S/C18H26N6O2/c1-12-4-16(26-3)5-13(23-12)8-20-9-14-6-15(25)10-24(14)18-7-17(19-2)21-11-22-18/h4-5,7,11,14-15,20,25H,6,8-10H2,1-3H3,(H,19,21,22)/t14-,15-/m1/s1. The lowest BCUT2D eigenvalue weighted by Crippen LogP contribution is -2.38. The third-order valence-corrected chi connectivity index (χ3v) is 4.50. The number of rotatable bonds is 7. The molecular weight excluding hydrogens is 332 g/mol. The van der Waals surface area contributed by atoms with E-state index < -0.39 is 0 Å². The lowest BCUT2D eigenvalue weighted by Gasteiger charge is -2.25. The predicted octanol–water partition coefficient (Wildman–Crippen LogP) is 0.960. The molecule has 3 N–H and O–H groups in total. The topological polar surface area (TPSA) is 95.4 Å². The van der Waals surface area contributed by atoms with Gasteiger partial charge in [0.05, 0.1) is 18.9 Å². The van der Waals surface area contributed by atoms with Gasteiger partial charge < -0.3 is 25.4 Å². The molecule has 0 aliphatic carbocycles. The average molecular weight is 358 g/mol. The number of aliphatic hydroxyl groups is 1. The Morgan fingerprint density at radius 3 is 2.92 bits per heavy atom. The normalized spacial score (nSPS) is 19.6. The number of methoxy groups -OCH3 is 1. The van der Waals surface area contributed by atoms with Gasteiger partial charge in [-0.25, -0.2) is 9.97 Å². The predicted molar refractivity (Wildman–Crippen MR) is 101 cm³/mol.